The number of hydrogen-bond acceptors (Lipinski definition) is 3. The molecule has 5 heteroatoms. The first-order valence-corrected chi connectivity index (χ1v) is 7.68. The van der Waals surface area contributed by atoms with E-state index in [1.807, 2.05) is 12.1 Å². The van der Waals surface area contributed by atoms with Gasteiger partial charge in [0, 0.05) is 26.7 Å². The first-order chi connectivity index (χ1) is 10.2. The van der Waals surface area contributed by atoms with Crippen molar-refractivity contribution in [1.29, 1.82) is 0 Å². The molecule has 5 nitrogen and oxygen atoms in total. The molecule has 0 aliphatic rings. The predicted molar refractivity (Wildman–Crippen MR) is 87.4 cm³/mol. The molecule has 0 bridgehead atoms. The van der Waals surface area contributed by atoms with Crippen molar-refractivity contribution in [2.75, 3.05) is 20.6 Å². The molecule has 0 aliphatic carbocycles. The number of allylic oxidation sites excluding steroid dienone is 1. The van der Waals surface area contributed by atoms with Gasteiger partial charge in [-0.1, -0.05) is 24.6 Å². The highest BCUT2D eigenvalue weighted by atomic mass is 16.5. The van der Waals surface area contributed by atoms with Crippen LogP contribution >= 0.6 is 0 Å². The van der Waals surface area contributed by atoms with E-state index in [0.29, 0.717) is 6.54 Å². The maximum absolute atomic E-state index is 5.26. The fraction of sp³-hybridized carbons (Fsp3) is 0.625. The van der Waals surface area contributed by atoms with Crippen molar-refractivity contribution in [2.45, 2.75) is 45.6 Å². The van der Waals surface area contributed by atoms with E-state index in [-0.39, 0.29) is 0 Å². The van der Waals surface area contributed by atoms with Crippen molar-refractivity contribution < 1.29 is 4.52 Å². The minimum atomic E-state index is 0.612. The highest BCUT2D eigenvalue weighted by Crippen LogP contribution is 2.05. The number of nitrogens with zero attached hydrogens (tertiary/aromatic N) is 3. The highest BCUT2D eigenvalue weighted by molar-refractivity contribution is 5.79. The maximum Gasteiger partial charge on any atom is 0.193 e. The second kappa shape index (κ2) is 10.0. The smallest absolute Gasteiger partial charge is 0.193 e. The monoisotopic (exact) mass is 292 g/mol. The van der Waals surface area contributed by atoms with Gasteiger partial charge in [-0.25, -0.2) is 0 Å². The van der Waals surface area contributed by atoms with Crippen LogP contribution in [-0.2, 0) is 13.0 Å². The number of guanidine groups is 1. The van der Waals surface area contributed by atoms with E-state index in [1.54, 1.807) is 7.05 Å². The molecule has 0 amide bonds. The van der Waals surface area contributed by atoms with Crippen LogP contribution in [0.5, 0.6) is 0 Å². The minimum Gasteiger partial charge on any atom is -0.359 e. The summed E-state index contributed by atoms with van der Waals surface area (Å²) in [6, 6.07) is 1.98. The van der Waals surface area contributed by atoms with Gasteiger partial charge in [-0.05, 0) is 25.7 Å². The molecular formula is C16H28N4O. The number of aryl methyl sites for hydroxylation is 1. The summed E-state index contributed by atoms with van der Waals surface area (Å²) in [6.07, 6.45) is 7.56. The highest BCUT2D eigenvalue weighted by Gasteiger charge is 2.07. The number of hydrogen-bond donors (Lipinski definition) is 1. The van der Waals surface area contributed by atoms with Gasteiger partial charge in [-0.2, -0.15) is 0 Å². The van der Waals surface area contributed by atoms with Crippen molar-refractivity contribution in [2.24, 2.45) is 4.99 Å². The Morgan fingerprint density at radius 1 is 1.48 bits per heavy atom. The van der Waals surface area contributed by atoms with Crippen molar-refractivity contribution in [1.82, 2.24) is 15.4 Å². The zero-order valence-electron chi connectivity index (χ0n) is 13.6. The Hall–Kier alpha value is -1.78. The van der Waals surface area contributed by atoms with Crippen LogP contribution in [0, 0.1) is 0 Å². The molecule has 0 fully saturated rings. The van der Waals surface area contributed by atoms with Crippen molar-refractivity contribution in [3.05, 3.63) is 30.2 Å². The number of aliphatic imine (C=N–C) groups is 1. The summed E-state index contributed by atoms with van der Waals surface area (Å²) in [5.74, 6) is 1.72. The molecule has 1 aromatic heterocycles. The Bertz CT molecular complexity index is 439. The van der Waals surface area contributed by atoms with E-state index in [9.17, 15) is 0 Å². The molecule has 1 rings (SSSR count). The summed E-state index contributed by atoms with van der Waals surface area (Å²) >= 11 is 0. The van der Waals surface area contributed by atoms with Gasteiger partial charge in [-0.15, -0.1) is 6.58 Å². The fourth-order valence-electron chi connectivity index (χ4n) is 2.08. The Labute approximate surface area is 128 Å². The first-order valence-electron chi connectivity index (χ1n) is 7.68. The van der Waals surface area contributed by atoms with Gasteiger partial charge >= 0.3 is 0 Å². The van der Waals surface area contributed by atoms with E-state index >= 15 is 0 Å². The van der Waals surface area contributed by atoms with Crippen LogP contribution in [0.25, 0.3) is 0 Å². The molecule has 0 saturated carbocycles. The number of unbranched alkanes of at least 4 members (excludes halogenated alkanes) is 3. The van der Waals surface area contributed by atoms with Gasteiger partial charge in [0.25, 0.3) is 0 Å². The molecule has 0 aromatic carbocycles. The molecule has 0 radical (unpaired) electrons. The third-order valence-corrected chi connectivity index (χ3v) is 3.37. The lowest BCUT2D eigenvalue weighted by Crippen LogP contribution is -2.38. The molecule has 0 atom stereocenters. The summed E-state index contributed by atoms with van der Waals surface area (Å²) in [5, 5.41) is 7.29. The Morgan fingerprint density at radius 3 is 2.90 bits per heavy atom. The SMILES string of the molecule is C=CCCCCCN(C)C(=NC)NCc1cc(CC)no1. The second-order valence-corrected chi connectivity index (χ2v) is 5.10. The van der Waals surface area contributed by atoms with E-state index in [2.05, 4.69) is 40.9 Å². The summed E-state index contributed by atoms with van der Waals surface area (Å²) in [4.78, 5) is 6.44. The van der Waals surface area contributed by atoms with Crippen LogP contribution in [0.2, 0.25) is 0 Å². The van der Waals surface area contributed by atoms with E-state index in [1.165, 1.54) is 12.8 Å². The van der Waals surface area contributed by atoms with Crippen LogP contribution in [0.3, 0.4) is 0 Å². The van der Waals surface area contributed by atoms with Crippen LogP contribution in [0.4, 0.5) is 0 Å². The molecule has 21 heavy (non-hydrogen) atoms. The number of rotatable bonds is 9. The van der Waals surface area contributed by atoms with Gasteiger partial charge in [0.05, 0.1) is 12.2 Å². The normalized spacial score (nSPS) is 11.5. The second-order valence-electron chi connectivity index (χ2n) is 5.10. The number of aromatic nitrogens is 1. The summed E-state index contributed by atoms with van der Waals surface area (Å²) in [6.45, 7) is 7.41. The fourth-order valence-corrected chi connectivity index (χ4v) is 2.08. The first kappa shape index (κ1) is 17.3. The molecular weight excluding hydrogens is 264 g/mol. The Kier molecular flexibility index (Phi) is 8.24. The Balaban J connectivity index is 2.31. The topological polar surface area (TPSA) is 53.7 Å². The van der Waals surface area contributed by atoms with Crippen molar-refractivity contribution in [3.63, 3.8) is 0 Å². The van der Waals surface area contributed by atoms with Crippen LogP contribution in [0.15, 0.2) is 28.2 Å². The van der Waals surface area contributed by atoms with Gasteiger partial charge < -0.3 is 14.7 Å². The third kappa shape index (κ3) is 6.47. The molecule has 1 heterocycles. The molecule has 118 valence electrons. The van der Waals surface area contributed by atoms with Crippen molar-refractivity contribution in [3.8, 4) is 0 Å². The predicted octanol–water partition coefficient (Wildman–Crippen LogP) is 2.99. The van der Waals surface area contributed by atoms with E-state index < -0.39 is 0 Å². The molecule has 1 aromatic rings. The molecule has 0 spiro atoms. The molecule has 0 unspecified atom stereocenters. The summed E-state index contributed by atoms with van der Waals surface area (Å²) in [5.41, 5.74) is 0.984. The lowest BCUT2D eigenvalue weighted by molar-refractivity contribution is 0.371. The average molecular weight is 292 g/mol. The van der Waals surface area contributed by atoms with Crippen LogP contribution in [0.1, 0.15) is 44.1 Å². The largest absolute Gasteiger partial charge is 0.359 e. The van der Waals surface area contributed by atoms with Gasteiger partial charge in [0.1, 0.15) is 0 Å². The van der Waals surface area contributed by atoms with Crippen molar-refractivity contribution >= 4 is 5.96 Å². The standard InChI is InChI=1S/C16H28N4O/c1-5-7-8-9-10-11-20(4)16(17-3)18-13-15-12-14(6-2)19-21-15/h5,12H,1,6-11,13H2,2-4H3,(H,17,18). The summed E-state index contributed by atoms with van der Waals surface area (Å²) < 4.78 is 5.26. The van der Waals surface area contributed by atoms with Crippen LogP contribution in [-0.4, -0.2) is 36.7 Å². The van der Waals surface area contributed by atoms with E-state index in [4.69, 9.17) is 4.52 Å². The third-order valence-electron chi connectivity index (χ3n) is 3.37. The molecule has 0 aliphatic heterocycles. The van der Waals surface area contributed by atoms with E-state index in [0.717, 1.165) is 43.2 Å². The zero-order chi connectivity index (χ0) is 15.5. The van der Waals surface area contributed by atoms with Gasteiger partial charge in [0.15, 0.2) is 11.7 Å². The van der Waals surface area contributed by atoms with Crippen LogP contribution < -0.4 is 5.32 Å². The quantitative estimate of drug-likeness (QED) is 0.329. The summed E-state index contributed by atoms with van der Waals surface area (Å²) in [7, 11) is 3.86. The molecule has 0 saturated heterocycles. The average Bonchev–Trinajstić information content (AvgIpc) is 2.95. The van der Waals surface area contributed by atoms with Gasteiger partial charge in [0.2, 0.25) is 0 Å². The minimum absolute atomic E-state index is 0.612. The maximum atomic E-state index is 5.26. The Morgan fingerprint density at radius 2 is 2.29 bits per heavy atom. The van der Waals surface area contributed by atoms with Gasteiger partial charge in [-0.3, -0.25) is 4.99 Å². The lowest BCUT2D eigenvalue weighted by Gasteiger charge is -2.21. The number of nitrogens with one attached hydrogen (secondary N) is 1. The zero-order valence-corrected chi connectivity index (χ0v) is 13.6. The lowest BCUT2D eigenvalue weighted by atomic mass is 10.2. The molecule has 1 N–H and O–H groups in total.